The Morgan fingerprint density at radius 2 is 1.84 bits per heavy atom. The Morgan fingerprint density at radius 3 is 2.47 bits per heavy atom. The van der Waals surface area contributed by atoms with Crippen molar-refractivity contribution >= 4 is 27.5 Å². The number of aliphatic hydroxyl groups is 1. The number of aliphatic hydroxyl groups excluding tert-OH is 1. The highest BCUT2D eigenvalue weighted by Crippen LogP contribution is 2.35. The molecule has 1 nitrogen and oxygen atoms in total. The summed E-state index contributed by atoms with van der Waals surface area (Å²) in [5, 5.41) is 10.8. The van der Waals surface area contributed by atoms with Crippen LogP contribution in [0.1, 0.15) is 28.4 Å². The van der Waals surface area contributed by atoms with Crippen LogP contribution < -0.4 is 0 Å². The van der Waals surface area contributed by atoms with Crippen molar-refractivity contribution in [2.75, 3.05) is 0 Å². The van der Waals surface area contributed by atoms with Gasteiger partial charge in [0.15, 0.2) is 0 Å². The molecule has 0 aliphatic heterocycles. The van der Waals surface area contributed by atoms with Crippen LogP contribution in [-0.4, -0.2) is 5.11 Å². The first-order valence-corrected chi connectivity index (χ1v) is 6.97. The molecule has 1 atom stereocenters. The first-order chi connectivity index (χ1) is 8.91. The van der Waals surface area contributed by atoms with E-state index in [-0.39, 0.29) is 5.56 Å². The number of hydrogen-bond acceptors (Lipinski definition) is 1. The van der Waals surface area contributed by atoms with Crippen LogP contribution in [0.25, 0.3) is 0 Å². The van der Waals surface area contributed by atoms with Gasteiger partial charge in [-0.3, -0.25) is 0 Å². The van der Waals surface area contributed by atoms with Crippen LogP contribution in [0.4, 0.5) is 4.39 Å². The molecule has 0 saturated heterocycles. The molecule has 100 valence electrons. The van der Waals surface area contributed by atoms with Gasteiger partial charge in [-0.2, -0.15) is 0 Å². The molecule has 0 amide bonds. The lowest BCUT2D eigenvalue weighted by Gasteiger charge is -2.17. The van der Waals surface area contributed by atoms with Crippen LogP contribution in [-0.2, 0) is 0 Å². The van der Waals surface area contributed by atoms with Crippen molar-refractivity contribution in [2.45, 2.75) is 20.0 Å². The molecule has 0 bridgehead atoms. The normalized spacial score (nSPS) is 12.5. The largest absolute Gasteiger partial charge is 0.383 e. The minimum atomic E-state index is -1.10. The Labute approximate surface area is 125 Å². The van der Waals surface area contributed by atoms with E-state index in [2.05, 4.69) is 15.9 Å². The Bertz CT molecular complexity index is 608. The average Bonchev–Trinajstić information content (AvgIpc) is 2.33. The van der Waals surface area contributed by atoms with Gasteiger partial charge in [0.2, 0.25) is 0 Å². The third kappa shape index (κ3) is 2.83. The van der Waals surface area contributed by atoms with Crippen LogP contribution in [0.2, 0.25) is 5.02 Å². The average molecular weight is 344 g/mol. The van der Waals surface area contributed by atoms with E-state index in [1.165, 1.54) is 6.07 Å². The lowest BCUT2D eigenvalue weighted by molar-refractivity contribution is 0.214. The van der Waals surface area contributed by atoms with Gasteiger partial charge in [-0.05, 0) is 43.2 Å². The SMILES string of the molecule is Cc1cc(Cl)c(C(O)c2c(F)cccc2Br)cc1C. The molecule has 2 aromatic rings. The van der Waals surface area contributed by atoms with Gasteiger partial charge >= 0.3 is 0 Å². The van der Waals surface area contributed by atoms with Crippen LogP contribution in [0.5, 0.6) is 0 Å². The third-order valence-electron chi connectivity index (χ3n) is 3.18. The summed E-state index contributed by atoms with van der Waals surface area (Å²) < 4.78 is 14.4. The summed E-state index contributed by atoms with van der Waals surface area (Å²) in [6.45, 7) is 3.87. The van der Waals surface area contributed by atoms with Crippen LogP contribution in [0, 0.1) is 19.7 Å². The van der Waals surface area contributed by atoms with Crippen molar-refractivity contribution in [1.29, 1.82) is 0 Å². The second-order valence-electron chi connectivity index (χ2n) is 4.50. The summed E-state index contributed by atoms with van der Waals surface area (Å²) in [5.74, 6) is -0.462. The maximum absolute atomic E-state index is 13.9. The summed E-state index contributed by atoms with van der Waals surface area (Å²) in [6.07, 6.45) is -1.10. The molecule has 4 heteroatoms. The topological polar surface area (TPSA) is 20.2 Å². The molecular weight excluding hydrogens is 331 g/mol. The fraction of sp³-hybridized carbons (Fsp3) is 0.200. The maximum atomic E-state index is 13.9. The van der Waals surface area contributed by atoms with Gasteiger partial charge in [-0.25, -0.2) is 4.39 Å². The lowest BCUT2D eigenvalue weighted by Crippen LogP contribution is -2.05. The zero-order valence-corrected chi connectivity index (χ0v) is 12.9. The minimum Gasteiger partial charge on any atom is -0.383 e. The number of halogens is 3. The van der Waals surface area contributed by atoms with E-state index in [1.54, 1.807) is 24.3 Å². The Kier molecular flexibility index (Phi) is 4.29. The van der Waals surface area contributed by atoms with Gasteiger partial charge < -0.3 is 5.11 Å². The molecule has 0 heterocycles. The molecule has 0 aliphatic carbocycles. The monoisotopic (exact) mass is 342 g/mol. The lowest BCUT2D eigenvalue weighted by atomic mass is 9.97. The Morgan fingerprint density at radius 1 is 1.21 bits per heavy atom. The van der Waals surface area contributed by atoms with Crippen molar-refractivity contribution in [2.24, 2.45) is 0 Å². The van der Waals surface area contributed by atoms with E-state index in [4.69, 9.17) is 11.6 Å². The van der Waals surface area contributed by atoms with Gasteiger partial charge in [0, 0.05) is 20.6 Å². The summed E-state index contributed by atoms with van der Waals surface area (Å²) in [4.78, 5) is 0. The van der Waals surface area contributed by atoms with Gasteiger partial charge in [0.05, 0.1) is 0 Å². The molecule has 2 rings (SSSR count). The fourth-order valence-electron chi connectivity index (χ4n) is 1.94. The summed E-state index contributed by atoms with van der Waals surface area (Å²) in [7, 11) is 0. The van der Waals surface area contributed by atoms with Gasteiger partial charge in [-0.15, -0.1) is 0 Å². The van der Waals surface area contributed by atoms with Crippen molar-refractivity contribution in [3.63, 3.8) is 0 Å². The molecule has 2 aromatic carbocycles. The maximum Gasteiger partial charge on any atom is 0.130 e. The molecular formula is C15H13BrClFO. The predicted molar refractivity (Wildman–Crippen MR) is 79.1 cm³/mol. The quantitative estimate of drug-likeness (QED) is 0.819. The smallest absolute Gasteiger partial charge is 0.130 e. The van der Waals surface area contributed by atoms with Gasteiger partial charge in [-0.1, -0.05) is 39.7 Å². The predicted octanol–water partition coefficient (Wildman–Crippen LogP) is 4.94. The van der Waals surface area contributed by atoms with Crippen LogP contribution in [0.3, 0.4) is 0 Å². The number of rotatable bonds is 2. The van der Waals surface area contributed by atoms with Crippen LogP contribution >= 0.6 is 27.5 Å². The first kappa shape index (κ1) is 14.5. The highest BCUT2D eigenvalue weighted by atomic mass is 79.9. The van der Waals surface area contributed by atoms with Crippen molar-refractivity contribution in [3.05, 3.63) is 67.9 Å². The van der Waals surface area contributed by atoms with E-state index < -0.39 is 11.9 Å². The standard InChI is InChI=1S/C15H13BrClFO/c1-8-6-10(12(17)7-9(8)2)15(19)14-11(16)4-3-5-13(14)18/h3-7,15,19H,1-2H3. The molecule has 0 radical (unpaired) electrons. The van der Waals surface area contributed by atoms with E-state index in [9.17, 15) is 9.50 Å². The van der Waals surface area contributed by atoms with Crippen molar-refractivity contribution < 1.29 is 9.50 Å². The highest BCUT2D eigenvalue weighted by molar-refractivity contribution is 9.10. The second kappa shape index (κ2) is 5.61. The second-order valence-corrected chi connectivity index (χ2v) is 5.76. The summed E-state index contributed by atoms with van der Waals surface area (Å²) in [5.41, 5.74) is 2.75. The minimum absolute atomic E-state index is 0.202. The molecule has 0 spiro atoms. The molecule has 0 aliphatic rings. The zero-order valence-electron chi connectivity index (χ0n) is 10.5. The fourth-order valence-corrected chi connectivity index (χ4v) is 2.82. The Balaban J connectivity index is 2.56. The molecule has 0 saturated carbocycles. The van der Waals surface area contributed by atoms with Crippen LogP contribution in [0.15, 0.2) is 34.8 Å². The van der Waals surface area contributed by atoms with E-state index in [0.717, 1.165) is 11.1 Å². The highest BCUT2D eigenvalue weighted by Gasteiger charge is 2.21. The Hall–Kier alpha value is -0.900. The third-order valence-corrected chi connectivity index (χ3v) is 4.20. The zero-order chi connectivity index (χ0) is 14.2. The molecule has 0 fully saturated rings. The summed E-state index contributed by atoms with van der Waals surface area (Å²) >= 11 is 9.41. The van der Waals surface area contributed by atoms with Gasteiger partial charge in [0.25, 0.3) is 0 Å². The number of benzene rings is 2. The van der Waals surface area contributed by atoms with E-state index in [1.807, 2.05) is 13.8 Å². The molecule has 19 heavy (non-hydrogen) atoms. The summed E-state index contributed by atoms with van der Waals surface area (Å²) in [6, 6.07) is 8.16. The first-order valence-electron chi connectivity index (χ1n) is 5.80. The van der Waals surface area contributed by atoms with Crippen molar-refractivity contribution in [3.8, 4) is 0 Å². The van der Waals surface area contributed by atoms with E-state index in [0.29, 0.717) is 15.1 Å². The van der Waals surface area contributed by atoms with Crippen molar-refractivity contribution in [1.82, 2.24) is 0 Å². The molecule has 0 aromatic heterocycles. The number of aryl methyl sites for hydroxylation is 2. The van der Waals surface area contributed by atoms with Gasteiger partial charge in [0.1, 0.15) is 11.9 Å². The molecule has 1 N–H and O–H groups in total. The van der Waals surface area contributed by atoms with E-state index >= 15 is 0 Å². The molecule has 1 unspecified atom stereocenters. The number of hydrogen-bond donors (Lipinski definition) is 1.